The van der Waals surface area contributed by atoms with Gasteiger partial charge in [0.15, 0.2) is 0 Å². The molecule has 0 spiro atoms. The molecule has 0 radical (unpaired) electrons. The lowest BCUT2D eigenvalue weighted by atomic mass is 9.98. The monoisotopic (exact) mass is 243 g/mol. The molecular weight excluding hydrogens is 218 g/mol. The van der Waals surface area contributed by atoms with Crippen LogP contribution in [0.5, 0.6) is 0 Å². The van der Waals surface area contributed by atoms with Crippen LogP contribution in [0.1, 0.15) is 46.5 Å². The van der Waals surface area contributed by atoms with Gasteiger partial charge in [-0.2, -0.15) is 0 Å². The van der Waals surface area contributed by atoms with Crippen molar-refractivity contribution in [2.75, 3.05) is 13.2 Å². The number of aliphatic carboxylic acids is 1. The van der Waals surface area contributed by atoms with Crippen LogP contribution in [0.4, 0.5) is 0 Å². The molecule has 1 N–H and O–H groups in total. The summed E-state index contributed by atoms with van der Waals surface area (Å²) in [5.41, 5.74) is 0. The molecule has 1 rings (SSSR count). The summed E-state index contributed by atoms with van der Waals surface area (Å²) in [6.45, 7) is 7.87. The highest BCUT2D eigenvalue weighted by atomic mass is 16.5. The number of carboxylic acids is 1. The average molecular weight is 243 g/mol. The van der Waals surface area contributed by atoms with Crippen molar-refractivity contribution in [2.45, 2.75) is 64.6 Å². The van der Waals surface area contributed by atoms with E-state index in [0.717, 1.165) is 25.9 Å². The molecule has 1 saturated heterocycles. The first-order valence-electron chi connectivity index (χ1n) is 6.63. The van der Waals surface area contributed by atoms with Crippen molar-refractivity contribution in [3.05, 3.63) is 0 Å². The smallest absolute Gasteiger partial charge is 0.304 e. The number of ether oxygens (including phenoxy) is 1. The number of hydrogen-bond donors (Lipinski definition) is 1. The molecule has 0 aromatic carbocycles. The summed E-state index contributed by atoms with van der Waals surface area (Å²) in [6.07, 6.45) is 3.68. The molecule has 4 nitrogen and oxygen atoms in total. The van der Waals surface area contributed by atoms with Gasteiger partial charge in [0.2, 0.25) is 0 Å². The summed E-state index contributed by atoms with van der Waals surface area (Å²) in [4.78, 5) is 13.0. The second-order valence-electron chi connectivity index (χ2n) is 5.05. The number of nitrogens with zero attached hydrogens (tertiary/aromatic N) is 1. The van der Waals surface area contributed by atoms with E-state index >= 15 is 0 Å². The highest BCUT2D eigenvalue weighted by Gasteiger charge is 2.28. The Bertz CT molecular complexity index is 243. The third-order valence-corrected chi connectivity index (χ3v) is 3.51. The van der Waals surface area contributed by atoms with E-state index in [1.165, 1.54) is 0 Å². The molecule has 0 saturated carbocycles. The van der Waals surface area contributed by atoms with Gasteiger partial charge >= 0.3 is 5.97 Å². The van der Waals surface area contributed by atoms with E-state index in [-0.39, 0.29) is 6.42 Å². The highest BCUT2D eigenvalue weighted by Crippen LogP contribution is 2.23. The minimum Gasteiger partial charge on any atom is -0.481 e. The quantitative estimate of drug-likeness (QED) is 0.776. The summed E-state index contributed by atoms with van der Waals surface area (Å²) < 4.78 is 5.67. The van der Waals surface area contributed by atoms with Crippen LogP contribution in [0.15, 0.2) is 0 Å². The molecule has 1 aliphatic heterocycles. The van der Waals surface area contributed by atoms with Crippen molar-refractivity contribution in [1.29, 1.82) is 0 Å². The van der Waals surface area contributed by atoms with E-state index in [4.69, 9.17) is 9.84 Å². The lowest BCUT2D eigenvalue weighted by Crippen LogP contribution is -2.46. The maximum atomic E-state index is 10.7. The fourth-order valence-corrected chi connectivity index (χ4v) is 2.53. The molecule has 0 bridgehead atoms. The van der Waals surface area contributed by atoms with Crippen LogP contribution in [0.3, 0.4) is 0 Å². The zero-order chi connectivity index (χ0) is 12.8. The van der Waals surface area contributed by atoms with E-state index < -0.39 is 5.97 Å². The van der Waals surface area contributed by atoms with E-state index in [1.54, 1.807) is 0 Å². The second-order valence-corrected chi connectivity index (χ2v) is 5.05. The Morgan fingerprint density at radius 1 is 1.53 bits per heavy atom. The van der Waals surface area contributed by atoms with Gasteiger partial charge in [-0.1, -0.05) is 6.92 Å². The third-order valence-electron chi connectivity index (χ3n) is 3.51. The summed E-state index contributed by atoms with van der Waals surface area (Å²) in [6, 6.07) is 0.878. The molecule has 17 heavy (non-hydrogen) atoms. The first-order chi connectivity index (χ1) is 8.04. The Morgan fingerprint density at radius 3 is 2.76 bits per heavy atom. The normalized spacial score (nSPS) is 25.5. The van der Waals surface area contributed by atoms with Gasteiger partial charge in [0.1, 0.15) is 0 Å². The van der Waals surface area contributed by atoms with Crippen LogP contribution in [0, 0.1) is 0 Å². The summed E-state index contributed by atoms with van der Waals surface area (Å²) in [7, 11) is 0. The fraction of sp³-hybridized carbons (Fsp3) is 0.923. The maximum Gasteiger partial charge on any atom is 0.304 e. The molecule has 2 unspecified atom stereocenters. The second kappa shape index (κ2) is 6.97. The van der Waals surface area contributed by atoms with Gasteiger partial charge < -0.3 is 9.84 Å². The number of rotatable bonds is 6. The first-order valence-corrected chi connectivity index (χ1v) is 6.63. The Labute approximate surface area is 104 Å². The summed E-state index contributed by atoms with van der Waals surface area (Å²) in [5.74, 6) is -0.713. The molecule has 0 aliphatic carbocycles. The van der Waals surface area contributed by atoms with Crippen molar-refractivity contribution in [2.24, 2.45) is 0 Å². The van der Waals surface area contributed by atoms with Crippen molar-refractivity contribution in [3.63, 3.8) is 0 Å². The van der Waals surface area contributed by atoms with E-state index in [9.17, 15) is 4.79 Å². The molecular formula is C13H25NO3. The molecule has 0 aromatic heterocycles. The van der Waals surface area contributed by atoms with Gasteiger partial charge in [-0.15, -0.1) is 0 Å². The van der Waals surface area contributed by atoms with E-state index in [1.807, 2.05) is 0 Å². The number of carbonyl (C=O) groups is 1. The molecule has 2 atom stereocenters. The van der Waals surface area contributed by atoms with Crippen LogP contribution in [0.2, 0.25) is 0 Å². The van der Waals surface area contributed by atoms with Crippen LogP contribution in [0.25, 0.3) is 0 Å². The number of hydrogen-bond acceptors (Lipinski definition) is 3. The lowest BCUT2D eigenvalue weighted by Gasteiger charge is -2.39. The Morgan fingerprint density at radius 2 is 2.24 bits per heavy atom. The molecule has 1 heterocycles. The van der Waals surface area contributed by atoms with Gasteiger partial charge in [-0.05, 0) is 33.1 Å². The predicted molar refractivity (Wildman–Crippen MR) is 67.1 cm³/mol. The fourth-order valence-electron chi connectivity index (χ4n) is 2.53. The standard InChI is InChI=1S/C13H25NO3/c1-4-12-9-11(6-8-17-12)14(10(2)3)7-5-13(15)16/h10-12H,4-9H2,1-3H3,(H,15,16). The topological polar surface area (TPSA) is 49.8 Å². The van der Waals surface area contributed by atoms with Crippen molar-refractivity contribution >= 4 is 5.97 Å². The molecule has 100 valence electrons. The minimum atomic E-state index is -0.713. The maximum absolute atomic E-state index is 10.7. The number of carboxylic acid groups (broad SMARTS) is 1. The van der Waals surface area contributed by atoms with Crippen LogP contribution >= 0.6 is 0 Å². The van der Waals surface area contributed by atoms with Gasteiger partial charge in [0, 0.05) is 25.2 Å². The molecule has 0 amide bonds. The molecule has 1 fully saturated rings. The summed E-state index contributed by atoms with van der Waals surface area (Å²) >= 11 is 0. The van der Waals surface area contributed by atoms with Crippen molar-refractivity contribution in [3.8, 4) is 0 Å². The lowest BCUT2D eigenvalue weighted by molar-refractivity contribution is -0.137. The van der Waals surface area contributed by atoms with Gasteiger partial charge in [0.25, 0.3) is 0 Å². The summed E-state index contributed by atoms with van der Waals surface area (Å²) in [5, 5.41) is 8.79. The van der Waals surface area contributed by atoms with Gasteiger partial charge in [-0.25, -0.2) is 0 Å². The third kappa shape index (κ3) is 4.64. The predicted octanol–water partition coefficient (Wildman–Crippen LogP) is 2.13. The SMILES string of the molecule is CCC1CC(N(CCC(=O)O)C(C)C)CCO1. The van der Waals surface area contributed by atoms with Crippen molar-refractivity contribution in [1.82, 2.24) is 4.90 Å². The van der Waals surface area contributed by atoms with Crippen molar-refractivity contribution < 1.29 is 14.6 Å². The average Bonchev–Trinajstić information content (AvgIpc) is 2.28. The van der Waals surface area contributed by atoms with Crippen LogP contribution in [-0.2, 0) is 9.53 Å². The van der Waals surface area contributed by atoms with E-state index in [0.29, 0.717) is 24.7 Å². The first kappa shape index (κ1) is 14.5. The Kier molecular flexibility index (Phi) is 5.92. The van der Waals surface area contributed by atoms with Gasteiger partial charge in [-0.3, -0.25) is 9.69 Å². The molecule has 4 heteroatoms. The molecule has 0 aromatic rings. The minimum absolute atomic E-state index is 0.229. The van der Waals surface area contributed by atoms with Crippen LogP contribution < -0.4 is 0 Å². The zero-order valence-corrected chi connectivity index (χ0v) is 11.2. The largest absolute Gasteiger partial charge is 0.481 e. The molecule has 1 aliphatic rings. The zero-order valence-electron chi connectivity index (χ0n) is 11.2. The Balaban J connectivity index is 2.53. The van der Waals surface area contributed by atoms with E-state index in [2.05, 4.69) is 25.7 Å². The highest BCUT2D eigenvalue weighted by molar-refractivity contribution is 5.66. The Hall–Kier alpha value is -0.610. The van der Waals surface area contributed by atoms with Crippen LogP contribution in [-0.4, -0.2) is 47.3 Å². The van der Waals surface area contributed by atoms with Gasteiger partial charge in [0.05, 0.1) is 12.5 Å².